The fourth-order valence-electron chi connectivity index (χ4n) is 8.87. The Balaban J connectivity index is 1.10. The van der Waals surface area contributed by atoms with E-state index in [0.29, 0.717) is 12.8 Å². The lowest BCUT2D eigenvalue weighted by Crippen LogP contribution is -2.55. The van der Waals surface area contributed by atoms with Crippen molar-refractivity contribution in [2.75, 3.05) is 7.11 Å². The van der Waals surface area contributed by atoms with Crippen LogP contribution in [0.3, 0.4) is 0 Å². The summed E-state index contributed by atoms with van der Waals surface area (Å²) in [4.78, 5) is 40.9. The van der Waals surface area contributed by atoms with Crippen LogP contribution in [0.15, 0.2) is 24.3 Å². The molecule has 14 atom stereocenters. The molecule has 0 saturated carbocycles. The quantitative estimate of drug-likeness (QED) is 0.180. The number of aliphatic hydroxyl groups excluding tert-OH is 3. The number of phenols is 2. The van der Waals surface area contributed by atoms with Crippen LogP contribution in [0.1, 0.15) is 121 Å². The van der Waals surface area contributed by atoms with Crippen molar-refractivity contribution in [3.63, 3.8) is 0 Å². The molecule has 3 saturated heterocycles. The molecule has 0 spiro atoms. The van der Waals surface area contributed by atoms with Crippen molar-refractivity contribution >= 4 is 17.5 Å². The number of aromatic hydroxyl groups is 2. The van der Waals surface area contributed by atoms with Crippen LogP contribution in [-0.2, 0) is 38.0 Å². The Morgan fingerprint density at radius 1 is 0.804 bits per heavy atom. The average Bonchev–Trinajstić information content (AvgIpc) is 3.14. The molecule has 3 fully saturated rings. The number of phenolic OH excluding ortho intramolecular Hbond substituents is 2. The molecule has 0 bridgehead atoms. The molecule has 0 radical (unpaired) electrons. The number of esters is 1. The first kappa shape index (κ1) is 40.6. The van der Waals surface area contributed by atoms with Crippen LogP contribution in [-0.4, -0.2) is 129 Å². The van der Waals surface area contributed by atoms with E-state index in [-0.39, 0.29) is 59.1 Å². The van der Waals surface area contributed by atoms with Crippen LogP contribution in [0, 0.1) is 0 Å². The van der Waals surface area contributed by atoms with Crippen molar-refractivity contribution in [3.05, 3.63) is 57.6 Å². The van der Waals surface area contributed by atoms with Crippen LogP contribution in [0.25, 0.3) is 0 Å². The van der Waals surface area contributed by atoms with Gasteiger partial charge in [-0.3, -0.25) is 14.4 Å². The number of carbonyl (C=O) groups is 3. The van der Waals surface area contributed by atoms with E-state index in [0.717, 1.165) is 7.11 Å². The number of methoxy groups -OCH3 is 1. The summed E-state index contributed by atoms with van der Waals surface area (Å²) in [6, 6.07) is 5.33. The Hall–Kier alpha value is -3.55. The van der Waals surface area contributed by atoms with Crippen LogP contribution < -0.4 is 0 Å². The molecule has 56 heavy (non-hydrogen) atoms. The molecule has 5 aliphatic rings. The van der Waals surface area contributed by atoms with E-state index in [9.17, 15) is 45.0 Å². The number of benzene rings is 2. The molecule has 7 rings (SSSR count). The Kier molecular flexibility index (Phi) is 11.4. The highest BCUT2D eigenvalue weighted by Gasteiger charge is 2.53. The smallest absolute Gasteiger partial charge is 0.316 e. The van der Waals surface area contributed by atoms with Gasteiger partial charge in [0, 0.05) is 42.4 Å². The maximum atomic E-state index is 13.8. The number of hydrogen-bond donors (Lipinski definition) is 6. The predicted octanol–water partition coefficient (Wildman–Crippen LogP) is 2.38. The molecule has 306 valence electrons. The molecule has 0 amide bonds. The maximum Gasteiger partial charge on any atom is 0.316 e. The third kappa shape index (κ3) is 7.14. The molecular formula is C40H50O16. The highest BCUT2D eigenvalue weighted by atomic mass is 16.7. The summed E-state index contributed by atoms with van der Waals surface area (Å²) in [7, 11) is 1.15. The number of ether oxygens (including phenoxy) is 7. The molecule has 14 unspecified atom stereocenters. The van der Waals surface area contributed by atoms with Gasteiger partial charge in [-0.25, -0.2) is 0 Å². The maximum absolute atomic E-state index is 13.8. The zero-order valence-corrected chi connectivity index (χ0v) is 31.8. The van der Waals surface area contributed by atoms with Crippen LogP contribution in [0.2, 0.25) is 0 Å². The molecular weight excluding hydrogens is 736 g/mol. The van der Waals surface area contributed by atoms with E-state index in [1.165, 1.54) is 24.3 Å². The second-order valence-corrected chi connectivity index (χ2v) is 15.5. The molecule has 2 aliphatic carbocycles. The number of rotatable bonds is 8. The second kappa shape index (κ2) is 15.7. The van der Waals surface area contributed by atoms with E-state index in [2.05, 4.69) is 0 Å². The first-order valence-electron chi connectivity index (χ1n) is 19.1. The SMILES string of the molecule is CCC1(O)CC(OC2CC(O)C(OC3CC(O)C(OC4CCC(O)C(C)O4)C(C)O3)C(C)O2)c2c(cc3c(c2O)C(=O)c2c(O)cccc2C3=O)C1C(=O)OC. The topological polar surface area (TPSA) is 237 Å². The van der Waals surface area contributed by atoms with Gasteiger partial charge in [-0.15, -0.1) is 0 Å². The highest BCUT2D eigenvalue weighted by Crippen LogP contribution is 2.54. The zero-order chi connectivity index (χ0) is 40.4. The largest absolute Gasteiger partial charge is 0.507 e. The molecule has 3 aliphatic heterocycles. The molecule has 0 aromatic heterocycles. The van der Waals surface area contributed by atoms with Crippen molar-refractivity contribution < 1.29 is 78.2 Å². The van der Waals surface area contributed by atoms with Gasteiger partial charge in [0.05, 0.1) is 66.6 Å². The Morgan fingerprint density at radius 2 is 1.41 bits per heavy atom. The fourth-order valence-corrected chi connectivity index (χ4v) is 8.87. The van der Waals surface area contributed by atoms with Crippen molar-refractivity contribution in [1.82, 2.24) is 0 Å². The minimum atomic E-state index is -1.80. The monoisotopic (exact) mass is 786 g/mol. The van der Waals surface area contributed by atoms with E-state index < -0.39 is 114 Å². The first-order valence-corrected chi connectivity index (χ1v) is 19.1. The second-order valence-electron chi connectivity index (χ2n) is 15.5. The van der Waals surface area contributed by atoms with Crippen molar-refractivity contribution in [3.8, 4) is 11.5 Å². The summed E-state index contributed by atoms with van der Waals surface area (Å²) < 4.78 is 41.6. The lowest BCUT2D eigenvalue weighted by Gasteiger charge is -2.46. The molecule has 16 heteroatoms. The van der Waals surface area contributed by atoms with Crippen molar-refractivity contribution in [1.29, 1.82) is 0 Å². The van der Waals surface area contributed by atoms with Crippen LogP contribution in [0.5, 0.6) is 11.5 Å². The average molecular weight is 787 g/mol. The van der Waals surface area contributed by atoms with Gasteiger partial charge in [0.1, 0.15) is 29.6 Å². The number of hydrogen-bond acceptors (Lipinski definition) is 16. The summed E-state index contributed by atoms with van der Waals surface area (Å²) in [5, 5.41) is 66.8. The summed E-state index contributed by atoms with van der Waals surface area (Å²) >= 11 is 0. The molecule has 3 heterocycles. The molecule has 16 nitrogen and oxygen atoms in total. The minimum Gasteiger partial charge on any atom is -0.507 e. The standard InChI is InChI=1S/C40H50O16/c1-6-40(49)15-26(31-20(33(40)39(48)50-5)12-21-32(36(31)47)35(46)30-19(34(21)45)8-7-9-23(30)42)54-28-13-24(43)38(18(4)52-28)56-29-14-25(44)37(17(3)53-29)55-27-11-10-22(41)16(2)51-27/h7-9,12,16-18,22,24-29,33,37-38,41-44,47,49H,6,10-11,13-15H2,1-5H3. The zero-order valence-electron chi connectivity index (χ0n) is 31.8. The fraction of sp³-hybridized carbons (Fsp3) is 0.625. The van der Waals surface area contributed by atoms with E-state index >= 15 is 0 Å². The van der Waals surface area contributed by atoms with Crippen molar-refractivity contribution in [2.45, 2.75) is 152 Å². The minimum absolute atomic E-state index is 0.0237. The van der Waals surface area contributed by atoms with Gasteiger partial charge < -0.3 is 63.8 Å². The van der Waals surface area contributed by atoms with E-state index in [1.54, 1.807) is 27.7 Å². The highest BCUT2D eigenvalue weighted by molar-refractivity contribution is 6.30. The van der Waals surface area contributed by atoms with Crippen LogP contribution in [0.4, 0.5) is 0 Å². The van der Waals surface area contributed by atoms with Gasteiger partial charge in [0.2, 0.25) is 5.78 Å². The predicted molar refractivity (Wildman–Crippen MR) is 191 cm³/mol. The van der Waals surface area contributed by atoms with E-state index in [1.807, 2.05) is 0 Å². The Labute approximate surface area is 323 Å². The summed E-state index contributed by atoms with van der Waals surface area (Å²) in [5.74, 6) is -4.79. The van der Waals surface area contributed by atoms with Gasteiger partial charge in [-0.2, -0.15) is 0 Å². The van der Waals surface area contributed by atoms with Gasteiger partial charge in [-0.1, -0.05) is 19.1 Å². The Morgan fingerprint density at radius 3 is 2.00 bits per heavy atom. The normalized spacial score (nSPS) is 38.3. The van der Waals surface area contributed by atoms with Gasteiger partial charge >= 0.3 is 5.97 Å². The lowest BCUT2D eigenvalue weighted by atomic mass is 9.67. The van der Waals surface area contributed by atoms with Gasteiger partial charge in [0.15, 0.2) is 24.7 Å². The lowest BCUT2D eigenvalue weighted by molar-refractivity contribution is -0.333. The Bertz CT molecular complexity index is 1820. The third-order valence-corrected chi connectivity index (χ3v) is 11.9. The molecule has 2 aromatic carbocycles. The van der Waals surface area contributed by atoms with Crippen LogP contribution >= 0.6 is 0 Å². The molecule has 6 N–H and O–H groups in total. The summed E-state index contributed by atoms with van der Waals surface area (Å²) in [6.07, 6.45) is -9.51. The number of carbonyl (C=O) groups excluding carboxylic acids is 3. The van der Waals surface area contributed by atoms with Crippen molar-refractivity contribution in [2.24, 2.45) is 0 Å². The third-order valence-electron chi connectivity index (χ3n) is 11.9. The summed E-state index contributed by atoms with van der Waals surface area (Å²) in [6.45, 7) is 6.79. The number of fused-ring (bicyclic) bond motifs is 3. The number of aliphatic hydroxyl groups is 4. The number of ketones is 2. The van der Waals surface area contributed by atoms with E-state index in [4.69, 9.17) is 33.2 Å². The summed E-state index contributed by atoms with van der Waals surface area (Å²) in [5.41, 5.74) is -2.77. The molecule has 2 aromatic rings. The van der Waals surface area contributed by atoms with Gasteiger partial charge in [0.25, 0.3) is 0 Å². The van der Waals surface area contributed by atoms with Gasteiger partial charge in [-0.05, 0) is 51.3 Å². The first-order chi connectivity index (χ1) is 26.6.